The molecule has 3 aromatic carbocycles. The van der Waals surface area contributed by atoms with Crippen LogP contribution in [0, 0.1) is 6.57 Å². The monoisotopic (exact) mass is 460 g/mol. The Kier molecular flexibility index (Phi) is 5.63. The SMILES string of the molecule is [C-]#[N+]c1cnn(-c2ccncn2)c1/N=N/c1cc2ccccc2c(C(=O)Nc2ccccc2)c1O. The van der Waals surface area contributed by atoms with Gasteiger partial charge in [0.15, 0.2) is 17.4 Å². The van der Waals surface area contributed by atoms with Crippen LogP contribution in [-0.4, -0.2) is 30.8 Å². The van der Waals surface area contributed by atoms with E-state index in [4.69, 9.17) is 6.57 Å². The maximum atomic E-state index is 13.2. The molecular formula is C25H16N8O2. The number of aromatic nitrogens is 4. The topological polar surface area (TPSA) is 122 Å². The first kappa shape index (κ1) is 21.4. The first-order valence-corrected chi connectivity index (χ1v) is 10.4. The molecule has 0 fully saturated rings. The number of hydrogen-bond acceptors (Lipinski definition) is 7. The minimum atomic E-state index is -0.491. The van der Waals surface area contributed by atoms with Gasteiger partial charge in [0.2, 0.25) is 0 Å². The van der Waals surface area contributed by atoms with Crippen molar-refractivity contribution in [3.63, 3.8) is 0 Å². The lowest BCUT2D eigenvalue weighted by Crippen LogP contribution is -2.12. The fraction of sp³-hybridized carbons (Fsp3) is 0. The number of aromatic hydroxyl groups is 1. The molecule has 0 aliphatic rings. The molecule has 0 unspecified atom stereocenters. The summed E-state index contributed by atoms with van der Waals surface area (Å²) in [5.74, 6) is -0.302. The molecule has 0 radical (unpaired) electrons. The maximum Gasteiger partial charge on any atom is 0.260 e. The van der Waals surface area contributed by atoms with Gasteiger partial charge in [-0.25, -0.2) is 19.5 Å². The summed E-state index contributed by atoms with van der Waals surface area (Å²) >= 11 is 0. The number of benzene rings is 3. The summed E-state index contributed by atoms with van der Waals surface area (Å²) < 4.78 is 1.35. The van der Waals surface area contributed by atoms with Crippen molar-refractivity contribution in [3.8, 4) is 11.6 Å². The van der Waals surface area contributed by atoms with E-state index in [-0.39, 0.29) is 28.5 Å². The van der Waals surface area contributed by atoms with Gasteiger partial charge in [0.05, 0.1) is 18.3 Å². The first-order chi connectivity index (χ1) is 17.2. The van der Waals surface area contributed by atoms with Crippen LogP contribution >= 0.6 is 0 Å². The number of anilines is 1. The molecule has 5 aromatic rings. The number of amides is 1. The van der Waals surface area contributed by atoms with Crippen molar-refractivity contribution >= 4 is 39.6 Å². The molecule has 0 saturated carbocycles. The number of carbonyl (C=O) groups excluding carboxylic acids is 1. The molecular weight excluding hydrogens is 444 g/mol. The maximum absolute atomic E-state index is 13.2. The Balaban J connectivity index is 1.60. The second kappa shape index (κ2) is 9.21. The van der Waals surface area contributed by atoms with Gasteiger partial charge >= 0.3 is 0 Å². The van der Waals surface area contributed by atoms with Crippen LogP contribution in [0.25, 0.3) is 21.4 Å². The highest BCUT2D eigenvalue weighted by Gasteiger charge is 2.20. The van der Waals surface area contributed by atoms with Crippen LogP contribution < -0.4 is 5.32 Å². The van der Waals surface area contributed by atoms with Gasteiger partial charge < -0.3 is 10.4 Å². The van der Waals surface area contributed by atoms with E-state index in [2.05, 4.69) is 35.5 Å². The molecule has 0 aliphatic heterocycles. The fourth-order valence-electron chi connectivity index (χ4n) is 3.53. The van der Waals surface area contributed by atoms with Crippen molar-refractivity contribution in [3.05, 3.63) is 102 Å². The highest BCUT2D eigenvalue weighted by atomic mass is 16.3. The molecule has 0 spiro atoms. The van der Waals surface area contributed by atoms with E-state index in [0.29, 0.717) is 22.3 Å². The van der Waals surface area contributed by atoms with Crippen molar-refractivity contribution in [2.75, 3.05) is 5.32 Å². The standard InChI is InChI=1S/C25H16N8O2/c1-26-20-14-29-33(21-11-12-27-15-28-21)24(20)32-31-19-13-16-7-5-6-10-18(16)22(23(19)34)25(35)30-17-8-3-2-4-9-17/h2-15,34H,(H,30,35)/b32-31+. The van der Waals surface area contributed by atoms with E-state index in [9.17, 15) is 9.90 Å². The number of nitrogens with zero attached hydrogens (tertiary/aromatic N) is 7. The average molecular weight is 460 g/mol. The van der Waals surface area contributed by atoms with Gasteiger partial charge in [-0.1, -0.05) is 42.5 Å². The van der Waals surface area contributed by atoms with E-state index in [0.717, 1.165) is 0 Å². The van der Waals surface area contributed by atoms with Crippen molar-refractivity contribution in [2.45, 2.75) is 0 Å². The van der Waals surface area contributed by atoms with Crippen LogP contribution in [0.15, 0.2) is 95.7 Å². The lowest BCUT2D eigenvalue weighted by molar-refractivity contribution is 0.102. The molecule has 168 valence electrons. The first-order valence-electron chi connectivity index (χ1n) is 10.4. The molecule has 10 heteroatoms. The number of rotatable bonds is 5. The van der Waals surface area contributed by atoms with E-state index < -0.39 is 5.91 Å². The summed E-state index contributed by atoms with van der Waals surface area (Å²) in [5, 5.41) is 27.7. The summed E-state index contributed by atoms with van der Waals surface area (Å²) in [5.41, 5.74) is 0.863. The fourth-order valence-corrected chi connectivity index (χ4v) is 3.53. The van der Waals surface area contributed by atoms with Crippen LogP contribution in [0.2, 0.25) is 0 Å². The summed E-state index contributed by atoms with van der Waals surface area (Å²) in [7, 11) is 0. The number of para-hydroxylation sites is 1. The van der Waals surface area contributed by atoms with Crippen LogP contribution in [0.1, 0.15) is 10.4 Å². The van der Waals surface area contributed by atoms with Crippen molar-refractivity contribution in [2.24, 2.45) is 10.2 Å². The van der Waals surface area contributed by atoms with Crippen LogP contribution in [0.3, 0.4) is 0 Å². The molecule has 2 aromatic heterocycles. The average Bonchev–Trinajstić information content (AvgIpc) is 3.31. The summed E-state index contributed by atoms with van der Waals surface area (Å²) in [6.45, 7) is 7.43. The van der Waals surface area contributed by atoms with E-state index >= 15 is 0 Å². The van der Waals surface area contributed by atoms with Crippen molar-refractivity contribution < 1.29 is 9.90 Å². The Morgan fingerprint density at radius 2 is 1.86 bits per heavy atom. The van der Waals surface area contributed by atoms with Crippen LogP contribution in [0.5, 0.6) is 5.75 Å². The molecule has 0 aliphatic carbocycles. The van der Waals surface area contributed by atoms with Gasteiger partial charge in [0.25, 0.3) is 11.6 Å². The molecule has 10 nitrogen and oxygen atoms in total. The normalized spacial score (nSPS) is 10.9. The van der Waals surface area contributed by atoms with Crippen LogP contribution in [-0.2, 0) is 0 Å². The summed E-state index contributed by atoms with van der Waals surface area (Å²) in [4.78, 5) is 24.6. The van der Waals surface area contributed by atoms with Crippen molar-refractivity contribution in [1.82, 2.24) is 19.7 Å². The molecule has 0 bridgehead atoms. The molecule has 35 heavy (non-hydrogen) atoms. The van der Waals surface area contributed by atoms with Gasteiger partial charge in [0, 0.05) is 18.0 Å². The predicted octanol–water partition coefficient (Wildman–Crippen LogP) is 5.74. The zero-order valence-electron chi connectivity index (χ0n) is 18.1. The Hall–Kier alpha value is -5.43. The van der Waals surface area contributed by atoms with Gasteiger partial charge in [0.1, 0.15) is 12.0 Å². The number of phenolic OH excluding ortho intramolecular Hbond substituents is 1. The third-order valence-corrected chi connectivity index (χ3v) is 5.14. The second-order valence-corrected chi connectivity index (χ2v) is 7.31. The molecule has 0 atom stereocenters. The molecule has 2 N–H and O–H groups in total. The van der Waals surface area contributed by atoms with Crippen molar-refractivity contribution in [1.29, 1.82) is 0 Å². The third kappa shape index (κ3) is 4.17. The quantitative estimate of drug-likeness (QED) is 0.256. The Labute approximate surface area is 199 Å². The Morgan fingerprint density at radius 1 is 1.06 bits per heavy atom. The number of azo groups is 1. The number of hydrogen-bond donors (Lipinski definition) is 2. The molecule has 5 rings (SSSR count). The number of nitrogens with one attached hydrogen (secondary N) is 1. The van der Waals surface area contributed by atoms with E-state index in [1.165, 1.54) is 23.4 Å². The summed E-state index contributed by atoms with van der Waals surface area (Å²) in [6, 6.07) is 19.3. The lowest BCUT2D eigenvalue weighted by Gasteiger charge is -2.12. The van der Waals surface area contributed by atoms with E-state index in [1.807, 2.05) is 18.2 Å². The second-order valence-electron chi connectivity index (χ2n) is 7.31. The number of phenols is 1. The highest BCUT2D eigenvalue weighted by Crippen LogP contribution is 2.39. The minimum Gasteiger partial charge on any atom is -0.505 e. The molecule has 0 saturated heterocycles. The lowest BCUT2D eigenvalue weighted by atomic mass is 10.0. The minimum absolute atomic E-state index is 0.0632. The van der Waals surface area contributed by atoms with Gasteiger partial charge in [-0.2, -0.15) is 5.10 Å². The Morgan fingerprint density at radius 3 is 2.63 bits per heavy atom. The van der Waals surface area contributed by atoms with Gasteiger partial charge in [-0.15, -0.1) is 10.2 Å². The zero-order chi connectivity index (χ0) is 24.2. The number of fused-ring (bicyclic) bond motifs is 1. The van der Waals surface area contributed by atoms with E-state index in [1.54, 1.807) is 48.5 Å². The van der Waals surface area contributed by atoms with Gasteiger partial charge in [-0.3, -0.25) is 4.79 Å². The van der Waals surface area contributed by atoms with Gasteiger partial charge in [-0.05, 0) is 29.0 Å². The highest BCUT2D eigenvalue weighted by molar-refractivity contribution is 6.16. The Bertz CT molecular complexity index is 1610. The largest absolute Gasteiger partial charge is 0.505 e. The van der Waals surface area contributed by atoms with Crippen LogP contribution in [0.4, 0.5) is 22.9 Å². The number of carbonyl (C=O) groups is 1. The molecule has 2 heterocycles. The third-order valence-electron chi connectivity index (χ3n) is 5.14. The predicted molar refractivity (Wildman–Crippen MR) is 130 cm³/mol. The zero-order valence-corrected chi connectivity index (χ0v) is 18.1. The smallest absolute Gasteiger partial charge is 0.260 e. The summed E-state index contributed by atoms with van der Waals surface area (Å²) in [6.07, 6.45) is 4.24. The molecule has 1 amide bonds.